The molecule has 2 rings (SSSR count). The summed E-state index contributed by atoms with van der Waals surface area (Å²) in [4.78, 5) is 11.0. The van der Waals surface area contributed by atoms with Crippen molar-refractivity contribution in [3.8, 4) is 0 Å². The van der Waals surface area contributed by atoms with Crippen molar-refractivity contribution in [2.24, 2.45) is 13.0 Å². The summed E-state index contributed by atoms with van der Waals surface area (Å²) >= 11 is 0. The summed E-state index contributed by atoms with van der Waals surface area (Å²) in [7, 11) is 1.79. The molecule has 0 saturated carbocycles. The van der Waals surface area contributed by atoms with Gasteiger partial charge in [0.1, 0.15) is 5.56 Å². The maximum atomic E-state index is 11.0. The molecule has 1 aromatic rings. The number of ether oxygens (including phenoxy) is 1. The van der Waals surface area contributed by atoms with Gasteiger partial charge in [-0.25, -0.2) is 4.79 Å². The number of nitrogens with zero attached hydrogens (tertiary/aromatic N) is 2. The van der Waals surface area contributed by atoms with Gasteiger partial charge in [-0.2, -0.15) is 5.10 Å². The summed E-state index contributed by atoms with van der Waals surface area (Å²) in [5, 5.41) is 13.0. The molecule has 0 unspecified atom stereocenters. The van der Waals surface area contributed by atoms with E-state index in [1.165, 1.54) is 6.20 Å². The van der Waals surface area contributed by atoms with Crippen molar-refractivity contribution in [3.05, 3.63) is 17.5 Å². The van der Waals surface area contributed by atoms with Gasteiger partial charge in [-0.15, -0.1) is 0 Å². The lowest BCUT2D eigenvalue weighted by Crippen LogP contribution is -2.19. The standard InChI is InChI=1S/C11H16N2O3/c1-13-10(9(7-12-13)11(14)15)6-8-2-4-16-5-3-8/h7-8H,2-6H2,1H3,(H,14,15). The highest BCUT2D eigenvalue weighted by atomic mass is 16.5. The average molecular weight is 224 g/mol. The molecule has 0 aliphatic carbocycles. The second-order valence-electron chi connectivity index (χ2n) is 4.19. The van der Waals surface area contributed by atoms with Gasteiger partial charge in [-0.05, 0) is 25.2 Å². The Balaban J connectivity index is 2.12. The minimum absolute atomic E-state index is 0.328. The molecule has 1 saturated heterocycles. The number of rotatable bonds is 3. The van der Waals surface area contributed by atoms with E-state index < -0.39 is 5.97 Å². The van der Waals surface area contributed by atoms with Crippen LogP contribution in [0, 0.1) is 5.92 Å². The summed E-state index contributed by atoms with van der Waals surface area (Å²) in [6.07, 6.45) is 4.22. The maximum Gasteiger partial charge on any atom is 0.339 e. The summed E-state index contributed by atoms with van der Waals surface area (Å²) in [5.74, 6) is -0.377. The first-order valence-electron chi connectivity index (χ1n) is 5.50. The van der Waals surface area contributed by atoms with Crippen LogP contribution < -0.4 is 0 Å². The van der Waals surface area contributed by atoms with Gasteiger partial charge in [0.05, 0.1) is 11.9 Å². The van der Waals surface area contributed by atoms with E-state index in [0.717, 1.165) is 38.2 Å². The first-order valence-corrected chi connectivity index (χ1v) is 5.50. The van der Waals surface area contributed by atoms with E-state index in [9.17, 15) is 4.79 Å². The number of carboxylic acid groups (broad SMARTS) is 1. The molecule has 1 aliphatic rings. The van der Waals surface area contributed by atoms with E-state index in [1.807, 2.05) is 0 Å². The second-order valence-corrected chi connectivity index (χ2v) is 4.19. The first kappa shape index (κ1) is 11.1. The zero-order valence-electron chi connectivity index (χ0n) is 9.35. The fourth-order valence-corrected chi connectivity index (χ4v) is 2.11. The smallest absolute Gasteiger partial charge is 0.339 e. The van der Waals surface area contributed by atoms with Crippen LogP contribution in [0.3, 0.4) is 0 Å². The molecule has 88 valence electrons. The predicted octanol–water partition coefficient (Wildman–Crippen LogP) is 1.09. The lowest BCUT2D eigenvalue weighted by atomic mass is 9.93. The highest BCUT2D eigenvalue weighted by Gasteiger charge is 2.21. The maximum absolute atomic E-state index is 11.0. The van der Waals surface area contributed by atoms with E-state index >= 15 is 0 Å². The van der Waals surface area contributed by atoms with Crippen LogP contribution in [0.5, 0.6) is 0 Å². The van der Waals surface area contributed by atoms with E-state index in [0.29, 0.717) is 11.5 Å². The SMILES string of the molecule is Cn1ncc(C(=O)O)c1CC1CCOCC1. The highest BCUT2D eigenvalue weighted by Crippen LogP contribution is 2.21. The lowest BCUT2D eigenvalue weighted by molar-refractivity contribution is 0.0651. The van der Waals surface area contributed by atoms with Crippen LogP contribution in [0.1, 0.15) is 28.9 Å². The second kappa shape index (κ2) is 4.65. The van der Waals surface area contributed by atoms with Gasteiger partial charge in [-0.3, -0.25) is 4.68 Å². The minimum Gasteiger partial charge on any atom is -0.478 e. The number of carbonyl (C=O) groups is 1. The molecule has 16 heavy (non-hydrogen) atoms. The normalized spacial score (nSPS) is 17.6. The van der Waals surface area contributed by atoms with Crippen LogP contribution in [-0.4, -0.2) is 34.1 Å². The molecule has 1 aromatic heterocycles. The first-order chi connectivity index (χ1) is 7.68. The van der Waals surface area contributed by atoms with Gasteiger partial charge < -0.3 is 9.84 Å². The summed E-state index contributed by atoms with van der Waals surface area (Å²) in [6, 6.07) is 0. The number of hydrogen-bond donors (Lipinski definition) is 1. The van der Waals surface area contributed by atoms with Gasteiger partial charge in [0.25, 0.3) is 0 Å². The highest BCUT2D eigenvalue weighted by molar-refractivity contribution is 5.88. The topological polar surface area (TPSA) is 64.4 Å². The van der Waals surface area contributed by atoms with E-state index in [4.69, 9.17) is 9.84 Å². The largest absolute Gasteiger partial charge is 0.478 e. The third kappa shape index (κ3) is 2.24. The third-order valence-corrected chi connectivity index (χ3v) is 3.11. The number of aromatic nitrogens is 2. The Kier molecular flexibility index (Phi) is 3.24. The Morgan fingerprint density at radius 3 is 2.94 bits per heavy atom. The van der Waals surface area contributed by atoms with Crippen molar-refractivity contribution in [1.82, 2.24) is 9.78 Å². The Bertz CT molecular complexity index is 381. The van der Waals surface area contributed by atoms with Crippen LogP contribution in [-0.2, 0) is 18.2 Å². The van der Waals surface area contributed by atoms with Crippen LogP contribution in [0.25, 0.3) is 0 Å². The van der Waals surface area contributed by atoms with Crippen LogP contribution in [0.15, 0.2) is 6.20 Å². The molecule has 0 aromatic carbocycles. The van der Waals surface area contributed by atoms with Gasteiger partial charge >= 0.3 is 5.97 Å². The summed E-state index contributed by atoms with van der Waals surface area (Å²) < 4.78 is 6.95. The molecule has 0 atom stereocenters. The molecule has 0 amide bonds. The van der Waals surface area contributed by atoms with Crippen molar-refractivity contribution >= 4 is 5.97 Å². The Hall–Kier alpha value is -1.36. The van der Waals surface area contributed by atoms with Crippen LogP contribution in [0.2, 0.25) is 0 Å². The lowest BCUT2D eigenvalue weighted by Gasteiger charge is -2.22. The van der Waals surface area contributed by atoms with Crippen molar-refractivity contribution in [1.29, 1.82) is 0 Å². The molecule has 1 N–H and O–H groups in total. The molecular weight excluding hydrogens is 208 g/mol. The number of carboxylic acids is 1. The Morgan fingerprint density at radius 1 is 1.62 bits per heavy atom. The monoisotopic (exact) mass is 224 g/mol. The number of aromatic carboxylic acids is 1. The molecule has 1 fully saturated rings. The van der Waals surface area contributed by atoms with Gasteiger partial charge in [0.2, 0.25) is 0 Å². The van der Waals surface area contributed by atoms with Crippen molar-refractivity contribution in [3.63, 3.8) is 0 Å². The van der Waals surface area contributed by atoms with Crippen LogP contribution in [0.4, 0.5) is 0 Å². The number of hydrogen-bond acceptors (Lipinski definition) is 3. The Labute approximate surface area is 94.0 Å². The van der Waals surface area contributed by atoms with E-state index in [1.54, 1.807) is 11.7 Å². The molecule has 2 heterocycles. The quantitative estimate of drug-likeness (QED) is 0.834. The zero-order valence-corrected chi connectivity index (χ0v) is 9.35. The zero-order chi connectivity index (χ0) is 11.5. The average Bonchev–Trinajstić information content (AvgIpc) is 2.62. The van der Waals surface area contributed by atoms with Crippen LogP contribution >= 0.6 is 0 Å². The van der Waals surface area contributed by atoms with Crippen molar-refractivity contribution in [2.45, 2.75) is 19.3 Å². The number of aryl methyl sites for hydroxylation is 1. The molecule has 0 spiro atoms. The third-order valence-electron chi connectivity index (χ3n) is 3.11. The van der Waals surface area contributed by atoms with Crippen molar-refractivity contribution in [2.75, 3.05) is 13.2 Å². The molecule has 5 nitrogen and oxygen atoms in total. The van der Waals surface area contributed by atoms with Gasteiger partial charge in [-0.1, -0.05) is 0 Å². The fourth-order valence-electron chi connectivity index (χ4n) is 2.11. The molecule has 0 bridgehead atoms. The van der Waals surface area contributed by atoms with Gasteiger partial charge in [0, 0.05) is 20.3 Å². The molecule has 5 heteroatoms. The molecular formula is C11H16N2O3. The molecule has 0 radical (unpaired) electrons. The van der Waals surface area contributed by atoms with Gasteiger partial charge in [0.15, 0.2) is 0 Å². The Morgan fingerprint density at radius 2 is 2.31 bits per heavy atom. The molecule has 1 aliphatic heterocycles. The van der Waals surface area contributed by atoms with E-state index in [-0.39, 0.29) is 0 Å². The van der Waals surface area contributed by atoms with Crippen molar-refractivity contribution < 1.29 is 14.6 Å². The fraction of sp³-hybridized carbons (Fsp3) is 0.636. The summed E-state index contributed by atoms with van der Waals surface area (Å²) in [6.45, 7) is 1.57. The van der Waals surface area contributed by atoms with E-state index in [2.05, 4.69) is 5.10 Å². The summed E-state index contributed by atoms with van der Waals surface area (Å²) in [5.41, 5.74) is 1.15. The minimum atomic E-state index is -0.893. The predicted molar refractivity (Wildman–Crippen MR) is 57.4 cm³/mol.